The highest BCUT2D eigenvalue weighted by atomic mass is 32.2. The molecule has 1 aromatic heterocycles. The molecule has 8 heteroatoms. The molecule has 0 spiro atoms. The van der Waals surface area contributed by atoms with Gasteiger partial charge in [-0.25, -0.2) is 18.2 Å². The number of rotatable bonds is 5. The van der Waals surface area contributed by atoms with Crippen molar-refractivity contribution < 1.29 is 23.1 Å². The molecule has 0 unspecified atom stereocenters. The standard InChI is InChI=1S/C9H14N2O5S/c1-11-6(4-5-16-2)7(8(12)13)10-9(11)17(3,14)15/h4-5H2,1-3H3,(H,12,13). The molecule has 1 heterocycles. The van der Waals surface area contributed by atoms with Gasteiger partial charge >= 0.3 is 5.97 Å². The van der Waals surface area contributed by atoms with Gasteiger partial charge in [0.15, 0.2) is 5.69 Å². The molecule has 0 aliphatic rings. The number of nitrogens with zero attached hydrogens (tertiary/aromatic N) is 2. The maximum absolute atomic E-state index is 11.4. The Labute approximate surface area is 99.0 Å². The van der Waals surface area contributed by atoms with Gasteiger partial charge in [-0.3, -0.25) is 0 Å². The van der Waals surface area contributed by atoms with Crippen molar-refractivity contribution in [1.82, 2.24) is 9.55 Å². The lowest BCUT2D eigenvalue weighted by Gasteiger charge is -2.04. The molecule has 0 saturated heterocycles. The van der Waals surface area contributed by atoms with E-state index < -0.39 is 15.8 Å². The van der Waals surface area contributed by atoms with Crippen LogP contribution in [0.25, 0.3) is 0 Å². The third-order valence-corrected chi connectivity index (χ3v) is 3.28. The Balaban J connectivity index is 3.36. The van der Waals surface area contributed by atoms with Crippen LogP contribution in [0.2, 0.25) is 0 Å². The van der Waals surface area contributed by atoms with E-state index in [0.29, 0.717) is 12.3 Å². The zero-order valence-corrected chi connectivity index (χ0v) is 10.6. The minimum atomic E-state index is -3.55. The van der Waals surface area contributed by atoms with Crippen molar-refractivity contribution in [1.29, 1.82) is 0 Å². The number of carboxylic acid groups (broad SMARTS) is 1. The molecule has 0 fully saturated rings. The van der Waals surface area contributed by atoms with Crippen molar-refractivity contribution in [3.63, 3.8) is 0 Å². The lowest BCUT2D eigenvalue weighted by atomic mass is 10.2. The highest BCUT2D eigenvalue weighted by molar-refractivity contribution is 7.90. The predicted octanol–water partition coefficient (Wildman–Crippen LogP) is -0.289. The number of aromatic carboxylic acids is 1. The fraction of sp³-hybridized carbons (Fsp3) is 0.556. The van der Waals surface area contributed by atoms with Gasteiger partial charge in [-0.2, -0.15) is 0 Å². The second kappa shape index (κ2) is 4.84. The lowest BCUT2D eigenvalue weighted by Crippen LogP contribution is -2.10. The minimum absolute atomic E-state index is 0.245. The molecule has 7 nitrogen and oxygen atoms in total. The third-order valence-electron chi connectivity index (χ3n) is 2.25. The Morgan fingerprint density at radius 3 is 2.53 bits per heavy atom. The molecule has 1 rings (SSSR count). The van der Waals surface area contributed by atoms with Crippen molar-refractivity contribution in [2.75, 3.05) is 20.0 Å². The quantitative estimate of drug-likeness (QED) is 0.783. The molecule has 1 N–H and O–H groups in total. The summed E-state index contributed by atoms with van der Waals surface area (Å²) in [4.78, 5) is 14.6. The van der Waals surface area contributed by atoms with Gasteiger partial charge in [0.05, 0.1) is 12.3 Å². The van der Waals surface area contributed by atoms with Crippen LogP contribution in [0, 0.1) is 0 Å². The topological polar surface area (TPSA) is 98.5 Å². The van der Waals surface area contributed by atoms with Gasteiger partial charge in [0.1, 0.15) is 0 Å². The maximum atomic E-state index is 11.4. The van der Waals surface area contributed by atoms with Crippen LogP contribution in [0.4, 0.5) is 0 Å². The van der Waals surface area contributed by atoms with Gasteiger partial charge in [0.25, 0.3) is 0 Å². The molecule has 17 heavy (non-hydrogen) atoms. The summed E-state index contributed by atoms with van der Waals surface area (Å²) in [6, 6.07) is 0. The summed E-state index contributed by atoms with van der Waals surface area (Å²) in [7, 11) is -0.593. The number of methoxy groups -OCH3 is 1. The molecular formula is C9H14N2O5S. The summed E-state index contributed by atoms with van der Waals surface area (Å²) in [5.41, 5.74) is 0.0877. The van der Waals surface area contributed by atoms with Crippen LogP contribution in [0.3, 0.4) is 0 Å². The van der Waals surface area contributed by atoms with E-state index >= 15 is 0 Å². The normalized spacial score (nSPS) is 11.7. The van der Waals surface area contributed by atoms with Gasteiger partial charge in [0, 0.05) is 26.8 Å². The summed E-state index contributed by atoms with van der Waals surface area (Å²) >= 11 is 0. The van der Waals surface area contributed by atoms with Crippen LogP contribution < -0.4 is 0 Å². The van der Waals surface area contributed by atoms with Crippen LogP contribution in [-0.4, -0.2) is 49.0 Å². The zero-order valence-electron chi connectivity index (χ0n) is 9.80. The summed E-state index contributed by atoms with van der Waals surface area (Å²) < 4.78 is 28.9. The fourth-order valence-electron chi connectivity index (χ4n) is 1.50. The van der Waals surface area contributed by atoms with E-state index in [4.69, 9.17) is 9.84 Å². The SMILES string of the molecule is COCCc1c(C(=O)O)nc(S(C)(=O)=O)n1C. The number of sulfone groups is 1. The molecule has 0 aliphatic heterocycles. The number of ether oxygens (including phenoxy) is 1. The van der Waals surface area contributed by atoms with E-state index in [0.717, 1.165) is 6.26 Å². The molecule has 0 aromatic carbocycles. The summed E-state index contributed by atoms with van der Waals surface area (Å²) in [6.45, 7) is 0.295. The van der Waals surface area contributed by atoms with Crippen LogP contribution in [0.5, 0.6) is 0 Å². The molecular weight excluding hydrogens is 248 g/mol. The van der Waals surface area contributed by atoms with E-state index in [-0.39, 0.29) is 17.3 Å². The van der Waals surface area contributed by atoms with Gasteiger partial charge in [-0.1, -0.05) is 0 Å². The minimum Gasteiger partial charge on any atom is -0.476 e. The van der Waals surface area contributed by atoms with E-state index in [9.17, 15) is 13.2 Å². The molecule has 0 amide bonds. The average Bonchev–Trinajstić information content (AvgIpc) is 2.52. The van der Waals surface area contributed by atoms with Gasteiger partial charge in [0.2, 0.25) is 15.0 Å². The smallest absolute Gasteiger partial charge is 0.356 e. The predicted molar refractivity (Wildman–Crippen MR) is 58.9 cm³/mol. The summed E-state index contributed by atoms with van der Waals surface area (Å²) in [5.74, 6) is -1.25. The Kier molecular flexibility index (Phi) is 3.89. The first kappa shape index (κ1) is 13.7. The Bertz CT molecular complexity index is 532. The first-order valence-corrected chi connectivity index (χ1v) is 6.66. The van der Waals surface area contributed by atoms with Crippen molar-refractivity contribution in [3.05, 3.63) is 11.4 Å². The van der Waals surface area contributed by atoms with Crippen molar-refractivity contribution in [2.45, 2.75) is 11.6 Å². The number of hydrogen-bond acceptors (Lipinski definition) is 5. The molecule has 0 atom stereocenters. The van der Waals surface area contributed by atoms with Gasteiger partial charge in [-0.05, 0) is 0 Å². The number of aromatic nitrogens is 2. The van der Waals surface area contributed by atoms with Crippen LogP contribution in [0.15, 0.2) is 5.16 Å². The van der Waals surface area contributed by atoms with E-state index in [1.807, 2.05) is 0 Å². The van der Waals surface area contributed by atoms with Crippen molar-refractivity contribution >= 4 is 15.8 Å². The summed E-state index contributed by atoms with van der Waals surface area (Å²) in [6.07, 6.45) is 1.28. The van der Waals surface area contributed by atoms with Crippen molar-refractivity contribution in [3.8, 4) is 0 Å². The third kappa shape index (κ3) is 2.83. The van der Waals surface area contributed by atoms with E-state index in [2.05, 4.69) is 4.98 Å². The summed E-state index contributed by atoms with van der Waals surface area (Å²) in [5, 5.41) is 8.71. The monoisotopic (exact) mass is 262 g/mol. The maximum Gasteiger partial charge on any atom is 0.356 e. The lowest BCUT2D eigenvalue weighted by molar-refractivity contribution is 0.0688. The first-order chi connectivity index (χ1) is 7.79. The number of carbonyl (C=O) groups is 1. The Morgan fingerprint density at radius 1 is 1.53 bits per heavy atom. The highest BCUT2D eigenvalue weighted by Gasteiger charge is 2.24. The molecule has 0 bridgehead atoms. The Hall–Kier alpha value is -1.41. The molecule has 96 valence electrons. The number of imidazole rings is 1. The molecule has 0 aliphatic carbocycles. The van der Waals surface area contributed by atoms with Crippen molar-refractivity contribution in [2.24, 2.45) is 7.05 Å². The molecule has 0 radical (unpaired) electrons. The van der Waals surface area contributed by atoms with Crippen LogP contribution in [0.1, 0.15) is 16.2 Å². The molecule has 0 saturated carbocycles. The fourth-order valence-corrected chi connectivity index (χ4v) is 2.36. The van der Waals surface area contributed by atoms with E-state index in [1.54, 1.807) is 0 Å². The van der Waals surface area contributed by atoms with Gasteiger partial charge in [-0.15, -0.1) is 0 Å². The largest absolute Gasteiger partial charge is 0.476 e. The van der Waals surface area contributed by atoms with Gasteiger partial charge < -0.3 is 14.4 Å². The second-order valence-electron chi connectivity index (χ2n) is 3.57. The highest BCUT2D eigenvalue weighted by Crippen LogP contribution is 2.15. The molecule has 1 aromatic rings. The van der Waals surface area contributed by atoms with Crippen LogP contribution >= 0.6 is 0 Å². The average molecular weight is 262 g/mol. The van der Waals surface area contributed by atoms with Crippen LogP contribution in [-0.2, 0) is 28.0 Å². The number of hydrogen-bond donors (Lipinski definition) is 1. The first-order valence-electron chi connectivity index (χ1n) is 4.77. The Morgan fingerprint density at radius 2 is 2.12 bits per heavy atom. The van der Waals surface area contributed by atoms with E-state index in [1.165, 1.54) is 18.7 Å². The number of carboxylic acids is 1. The zero-order chi connectivity index (χ0) is 13.2. The second-order valence-corrected chi connectivity index (χ2v) is 5.48.